The van der Waals surface area contributed by atoms with Crippen LogP contribution in [-0.2, 0) is 6.61 Å². The van der Waals surface area contributed by atoms with Gasteiger partial charge >= 0.3 is 0 Å². The molecule has 0 aliphatic heterocycles. The molecule has 2 heterocycles. The van der Waals surface area contributed by atoms with Crippen molar-refractivity contribution in [2.24, 2.45) is 0 Å². The average molecular weight is 225 g/mol. The molecule has 0 saturated heterocycles. The summed E-state index contributed by atoms with van der Waals surface area (Å²) in [6, 6.07) is 11.6. The molecule has 1 N–H and O–H groups in total. The molecule has 0 saturated carbocycles. The van der Waals surface area contributed by atoms with Crippen molar-refractivity contribution in [3.8, 4) is 5.75 Å². The second kappa shape index (κ2) is 4.25. The number of hydrogen-bond donors (Lipinski definition) is 1. The molecule has 0 aliphatic carbocycles. The van der Waals surface area contributed by atoms with Gasteiger partial charge < -0.3 is 9.72 Å². The number of aromatic amines is 1. The zero-order valence-corrected chi connectivity index (χ0v) is 9.13. The van der Waals surface area contributed by atoms with Crippen LogP contribution in [0.2, 0.25) is 0 Å². The van der Waals surface area contributed by atoms with Crippen LogP contribution in [-0.4, -0.2) is 15.0 Å². The Kier molecular flexibility index (Phi) is 2.46. The van der Waals surface area contributed by atoms with Crippen LogP contribution >= 0.6 is 0 Å². The van der Waals surface area contributed by atoms with E-state index in [1.165, 1.54) is 0 Å². The lowest BCUT2D eigenvalue weighted by Gasteiger charge is -2.02. The monoisotopic (exact) mass is 225 g/mol. The van der Waals surface area contributed by atoms with Crippen molar-refractivity contribution in [3.05, 3.63) is 54.6 Å². The second-order valence-corrected chi connectivity index (χ2v) is 3.68. The maximum atomic E-state index is 5.61. The largest absolute Gasteiger partial charge is 0.486 e. The summed E-state index contributed by atoms with van der Waals surface area (Å²) < 4.78 is 5.61. The normalized spacial score (nSPS) is 10.6. The van der Waals surface area contributed by atoms with Gasteiger partial charge in [-0.3, -0.25) is 4.98 Å². The third-order valence-corrected chi connectivity index (χ3v) is 2.45. The molecule has 4 nitrogen and oxygen atoms in total. The van der Waals surface area contributed by atoms with Crippen molar-refractivity contribution in [1.82, 2.24) is 15.0 Å². The fraction of sp³-hybridized carbons (Fsp3) is 0.0769. The maximum Gasteiger partial charge on any atom is 0.146 e. The van der Waals surface area contributed by atoms with E-state index in [9.17, 15) is 0 Å². The molecule has 2 aromatic heterocycles. The van der Waals surface area contributed by atoms with Gasteiger partial charge in [0.1, 0.15) is 18.2 Å². The Balaban J connectivity index is 1.77. The van der Waals surface area contributed by atoms with Crippen molar-refractivity contribution >= 4 is 11.0 Å². The van der Waals surface area contributed by atoms with E-state index in [1.54, 1.807) is 12.4 Å². The minimum absolute atomic E-state index is 0.429. The molecule has 17 heavy (non-hydrogen) atoms. The standard InChI is InChI=1S/C13H11N3O/c1-2-4-10(5-3-1)17-9-13-15-11-6-7-14-8-12(11)16-13/h1-8H,9H2,(H,15,16). The lowest BCUT2D eigenvalue weighted by Crippen LogP contribution is -1.96. The maximum absolute atomic E-state index is 5.61. The van der Waals surface area contributed by atoms with Crippen LogP contribution in [0.5, 0.6) is 5.75 Å². The third-order valence-electron chi connectivity index (χ3n) is 2.45. The zero-order chi connectivity index (χ0) is 11.5. The Bertz CT molecular complexity index is 586. The molecule has 0 radical (unpaired) electrons. The van der Waals surface area contributed by atoms with E-state index >= 15 is 0 Å². The van der Waals surface area contributed by atoms with E-state index in [-0.39, 0.29) is 0 Å². The highest BCUT2D eigenvalue weighted by atomic mass is 16.5. The summed E-state index contributed by atoms with van der Waals surface area (Å²) in [4.78, 5) is 11.6. The summed E-state index contributed by atoms with van der Waals surface area (Å²) in [6.45, 7) is 0.429. The molecule has 0 spiro atoms. The summed E-state index contributed by atoms with van der Waals surface area (Å²) in [5.74, 6) is 1.64. The molecule has 4 heteroatoms. The molecule has 0 atom stereocenters. The molecular formula is C13H11N3O. The van der Waals surface area contributed by atoms with Crippen LogP contribution < -0.4 is 4.74 Å². The van der Waals surface area contributed by atoms with Crippen LogP contribution in [0.25, 0.3) is 11.0 Å². The van der Waals surface area contributed by atoms with Crippen LogP contribution in [0.15, 0.2) is 48.8 Å². The number of ether oxygens (including phenoxy) is 1. The summed E-state index contributed by atoms with van der Waals surface area (Å²) in [6.07, 6.45) is 3.49. The van der Waals surface area contributed by atoms with Gasteiger partial charge in [0.2, 0.25) is 0 Å². The summed E-state index contributed by atoms with van der Waals surface area (Å²) >= 11 is 0. The van der Waals surface area contributed by atoms with Gasteiger partial charge in [-0.2, -0.15) is 0 Å². The summed E-state index contributed by atoms with van der Waals surface area (Å²) in [7, 11) is 0. The molecular weight excluding hydrogens is 214 g/mol. The number of benzene rings is 1. The van der Waals surface area contributed by atoms with E-state index in [0.29, 0.717) is 6.61 Å². The van der Waals surface area contributed by atoms with Gasteiger partial charge in [-0.25, -0.2) is 4.98 Å². The zero-order valence-electron chi connectivity index (χ0n) is 9.13. The van der Waals surface area contributed by atoms with Crippen LogP contribution in [0.1, 0.15) is 5.82 Å². The van der Waals surface area contributed by atoms with Gasteiger partial charge in [-0.05, 0) is 18.2 Å². The highest BCUT2D eigenvalue weighted by molar-refractivity contribution is 5.73. The Morgan fingerprint density at radius 1 is 1.12 bits per heavy atom. The fourth-order valence-corrected chi connectivity index (χ4v) is 1.65. The van der Waals surface area contributed by atoms with Gasteiger partial charge in [0.05, 0.1) is 17.2 Å². The van der Waals surface area contributed by atoms with E-state index in [2.05, 4.69) is 15.0 Å². The van der Waals surface area contributed by atoms with Gasteiger partial charge in [0, 0.05) is 6.20 Å². The predicted molar refractivity (Wildman–Crippen MR) is 64.7 cm³/mol. The van der Waals surface area contributed by atoms with Crippen LogP contribution in [0.3, 0.4) is 0 Å². The summed E-state index contributed by atoms with van der Waals surface area (Å²) in [5.41, 5.74) is 1.84. The third kappa shape index (κ3) is 2.10. The second-order valence-electron chi connectivity index (χ2n) is 3.68. The van der Waals surface area contributed by atoms with Crippen molar-refractivity contribution in [3.63, 3.8) is 0 Å². The number of nitrogens with one attached hydrogen (secondary N) is 1. The van der Waals surface area contributed by atoms with Crippen molar-refractivity contribution in [2.75, 3.05) is 0 Å². The minimum atomic E-state index is 0.429. The topological polar surface area (TPSA) is 50.8 Å². The number of rotatable bonds is 3. The molecule has 0 fully saturated rings. The first-order valence-electron chi connectivity index (χ1n) is 5.38. The molecule has 3 aromatic rings. The number of nitrogens with zero attached hydrogens (tertiary/aromatic N) is 2. The first-order chi connectivity index (χ1) is 8.42. The number of pyridine rings is 1. The molecule has 0 amide bonds. The van der Waals surface area contributed by atoms with Crippen LogP contribution in [0.4, 0.5) is 0 Å². The van der Waals surface area contributed by atoms with Crippen molar-refractivity contribution in [1.29, 1.82) is 0 Å². The predicted octanol–water partition coefficient (Wildman–Crippen LogP) is 2.54. The van der Waals surface area contributed by atoms with Gasteiger partial charge in [0.25, 0.3) is 0 Å². The molecule has 1 aromatic carbocycles. The Morgan fingerprint density at radius 2 is 2.00 bits per heavy atom. The minimum Gasteiger partial charge on any atom is -0.486 e. The molecule has 0 unspecified atom stereocenters. The molecule has 84 valence electrons. The summed E-state index contributed by atoms with van der Waals surface area (Å²) in [5, 5.41) is 0. The van der Waals surface area contributed by atoms with Gasteiger partial charge in [-0.1, -0.05) is 18.2 Å². The molecule has 0 aliphatic rings. The highest BCUT2D eigenvalue weighted by Crippen LogP contribution is 2.13. The van der Waals surface area contributed by atoms with Gasteiger partial charge in [-0.15, -0.1) is 0 Å². The van der Waals surface area contributed by atoms with Crippen LogP contribution in [0, 0.1) is 0 Å². The number of aromatic nitrogens is 3. The average Bonchev–Trinajstić information content (AvgIpc) is 2.80. The number of hydrogen-bond acceptors (Lipinski definition) is 3. The van der Waals surface area contributed by atoms with Crippen molar-refractivity contribution < 1.29 is 4.74 Å². The van der Waals surface area contributed by atoms with Gasteiger partial charge in [0.15, 0.2) is 0 Å². The number of H-pyrrole nitrogens is 1. The lowest BCUT2D eigenvalue weighted by molar-refractivity contribution is 0.297. The molecule has 0 bridgehead atoms. The highest BCUT2D eigenvalue weighted by Gasteiger charge is 2.02. The number of para-hydroxylation sites is 1. The van der Waals surface area contributed by atoms with E-state index in [1.807, 2.05) is 36.4 Å². The first kappa shape index (κ1) is 9.84. The Morgan fingerprint density at radius 3 is 2.82 bits per heavy atom. The smallest absolute Gasteiger partial charge is 0.146 e. The van der Waals surface area contributed by atoms with Crippen molar-refractivity contribution in [2.45, 2.75) is 6.61 Å². The SMILES string of the molecule is c1ccc(OCc2nc3ccncc3[nH]2)cc1. The number of imidazole rings is 1. The van der Waals surface area contributed by atoms with E-state index in [4.69, 9.17) is 4.74 Å². The first-order valence-corrected chi connectivity index (χ1v) is 5.38. The quantitative estimate of drug-likeness (QED) is 0.745. The Hall–Kier alpha value is -2.36. The van der Waals surface area contributed by atoms with E-state index in [0.717, 1.165) is 22.6 Å². The Labute approximate surface area is 98.3 Å². The fourth-order valence-electron chi connectivity index (χ4n) is 1.65. The lowest BCUT2D eigenvalue weighted by atomic mass is 10.3. The number of fused-ring (bicyclic) bond motifs is 1. The van der Waals surface area contributed by atoms with E-state index < -0.39 is 0 Å². The molecule has 3 rings (SSSR count).